The van der Waals surface area contributed by atoms with E-state index in [1.807, 2.05) is 24.3 Å². The first-order valence-corrected chi connectivity index (χ1v) is 5.61. The monoisotopic (exact) mass is 278 g/mol. The SMILES string of the molecule is COC(CBr)(OC)c1ccc(Cl)cc1. The van der Waals surface area contributed by atoms with Gasteiger partial charge < -0.3 is 9.47 Å². The number of ether oxygens (including phenoxy) is 2. The lowest BCUT2D eigenvalue weighted by Gasteiger charge is -2.29. The van der Waals surface area contributed by atoms with Crippen molar-refractivity contribution in [3.05, 3.63) is 34.9 Å². The van der Waals surface area contributed by atoms with Crippen molar-refractivity contribution in [2.24, 2.45) is 0 Å². The molecule has 1 rings (SSSR count). The van der Waals surface area contributed by atoms with Crippen LogP contribution in [0, 0.1) is 0 Å². The molecule has 0 aliphatic heterocycles. The second-order valence-corrected chi connectivity index (χ2v) is 3.80. The molecule has 1 aromatic rings. The van der Waals surface area contributed by atoms with Crippen LogP contribution in [0.15, 0.2) is 24.3 Å². The summed E-state index contributed by atoms with van der Waals surface area (Å²) in [7, 11) is 3.22. The number of benzene rings is 1. The van der Waals surface area contributed by atoms with E-state index in [-0.39, 0.29) is 0 Å². The van der Waals surface area contributed by atoms with E-state index in [0.29, 0.717) is 10.4 Å². The zero-order valence-electron chi connectivity index (χ0n) is 8.09. The lowest BCUT2D eigenvalue weighted by molar-refractivity contribution is -0.196. The summed E-state index contributed by atoms with van der Waals surface area (Å²) in [6.45, 7) is 0. The van der Waals surface area contributed by atoms with Crippen LogP contribution in [0.3, 0.4) is 0 Å². The summed E-state index contributed by atoms with van der Waals surface area (Å²) in [5.41, 5.74) is 0.934. The van der Waals surface area contributed by atoms with Gasteiger partial charge in [0, 0.05) is 24.8 Å². The van der Waals surface area contributed by atoms with E-state index < -0.39 is 5.79 Å². The minimum Gasteiger partial charge on any atom is -0.349 e. The van der Waals surface area contributed by atoms with Crippen LogP contribution in [0.5, 0.6) is 0 Å². The summed E-state index contributed by atoms with van der Waals surface area (Å²) in [5.74, 6) is -0.732. The maximum absolute atomic E-state index is 5.80. The number of halogens is 2. The van der Waals surface area contributed by atoms with Gasteiger partial charge in [-0.1, -0.05) is 39.7 Å². The molecule has 0 aliphatic rings. The van der Waals surface area contributed by atoms with Crippen molar-refractivity contribution in [2.75, 3.05) is 19.5 Å². The van der Waals surface area contributed by atoms with Crippen molar-refractivity contribution in [3.8, 4) is 0 Å². The summed E-state index contributed by atoms with van der Waals surface area (Å²) in [6.07, 6.45) is 0. The van der Waals surface area contributed by atoms with Gasteiger partial charge >= 0.3 is 0 Å². The first kappa shape index (κ1) is 12.0. The minimum absolute atomic E-state index is 0.564. The van der Waals surface area contributed by atoms with E-state index >= 15 is 0 Å². The van der Waals surface area contributed by atoms with Crippen molar-refractivity contribution in [1.82, 2.24) is 0 Å². The van der Waals surface area contributed by atoms with E-state index in [4.69, 9.17) is 21.1 Å². The highest BCUT2D eigenvalue weighted by Crippen LogP contribution is 2.28. The smallest absolute Gasteiger partial charge is 0.204 e. The maximum atomic E-state index is 5.80. The Morgan fingerprint density at radius 3 is 2.07 bits per heavy atom. The Morgan fingerprint density at radius 2 is 1.71 bits per heavy atom. The van der Waals surface area contributed by atoms with Crippen LogP contribution in [0.2, 0.25) is 5.02 Å². The van der Waals surface area contributed by atoms with E-state index in [2.05, 4.69) is 15.9 Å². The first-order chi connectivity index (χ1) is 6.68. The fraction of sp³-hybridized carbons (Fsp3) is 0.400. The number of rotatable bonds is 4. The molecular formula is C10H12BrClO2. The Morgan fingerprint density at radius 1 is 1.21 bits per heavy atom. The summed E-state index contributed by atoms with van der Waals surface area (Å²) < 4.78 is 10.7. The fourth-order valence-electron chi connectivity index (χ4n) is 1.21. The van der Waals surface area contributed by atoms with Crippen molar-refractivity contribution in [3.63, 3.8) is 0 Å². The molecule has 1 aromatic carbocycles. The van der Waals surface area contributed by atoms with Gasteiger partial charge in [-0.2, -0.15) is 0 Å². The highest BCUT2D eigenvalue weighted by Gasteiger charge is 2.30. The Bertz CT molecular complexity index is 274. The normalized spacial score (nSPS) is 11.7. The molecule has 0 atom stereocenters. The molecule has 0 spiro atoms. The van der Waals surface area contributed by atoms with Crippen LogP contribution in [-0.4, -0.2) is 19.5 Å². The highest BCUT2D eigenvalue weighted by molar-refractivity contribution is 9.09. The average molecular weight is 280 g/mol. The summed E-state index contributed by atoms with van der Waals surface area (Å²) in [5, 5.41) is 1.26. The third-order valence-electron chi connectivity index (χ3n) is 2.12. The van der Waals surface area contributed by atoms with Gasteiger partial charge in [-0.25, -0.2) is 0 Å². The lowest BCUT2D eigenvalue weighted by atomic mass is 10.1. The molecule has 14 heavy (non-hydrogen) atoms. The Labute approximate surface area is 97.3 Å². The van der Waals surface area contributed by atoms with Crippen LogP contribution in [-0.2, 0) is 15.3 Å². The second-order valence-electron chi connectivity index (χ2n) is 2.80. The van der Waals surface area contributed by atoms with Crippen molar-refractivity contribution in [2.45, 2.75) is 5.79 Å². The summed E-state index contributed by atoms with van der Waals surface area (Å²) in [6, 6.07) is 7.39. The van der Waals surface area contributed by atoms with Crippen molar-refractivity contribution >= 4 is 27.5 Å². The standard InChI is InChI=1S/C10H12BrClO2/c1-13-10(7-11,14-2)8-3-5-9(12)6-4-8/h3-6H,7H2,1-2H3. The van der Waals surface area contributed by atoms with Gasteiger partial charge in [0.2, 0.25) is 5.79 Å². The quantitative estimate of drug-likeness (QED) is 0.622. The van der Waals surface area contributed by atoms with Crippen LogP contribution in [0.4, 0.5) is 0 Å². The molecule has 0 saturated heterocycles. The average Bonchev–Trinajstić information content (AvgIpc) is 2.24. The molecule has 0 aliphatic carbocycles. The van der Waals surface area contributed by atoms with Crippen molar-refractivity contribution < 1.29 is 9.47 Å². The van der Waals surface area contributed by atoms with Gasteiger partial charge in [-0.15, -0.1) is 0 Å². The van der Waals surface area contributed by atoms with E-state index in [1.165, 1.54) is 0 Å². The Hall–Kier alpha value is -0.0900. The van der Waals surface area contributed by atoms with Gasteiger partial charge in [0.15, 0.2) is 0 Å². The third-order valence-corrected chi connectivity index (χ3v) is 3.11. The van der Waals surface area contributed by atoms with Crippen molar-refractivity contribution in [1.29, 1.82) is 0 Å². The number of hydrogen-bond acceptors (Lipinski definition) is 2. The van der Waals surface area contributed by atoms with Crippen LogP contribution in [0.1, 0.15) is 5.56 Å². The first-order valence-electron chi connectivity index (χ1n) is 4.11. The van der Waals surface area contributed by atoms with Gasteiger partial charge in [0.05, 0.1) is 5.33 Å². The molecule has 0 bridgehead atoms. The molecule has 0 amide bonds. The van der Waals surface area contributed by atoms with Gasteiger partial charge in [0.1, 0.15) is 0 Å². The fourth-order valence-corrected chi connectivity index (χ4v) is 2.12. The van der Waals surface area contributed by atoms with Crippen LogP contribution < -0.4 is 0 Å². The zero-order valence-corrected chi connectivity index (χ0v) is 10.4. The molecule has 0 unspecified atom stereocenters. The van der Waals surface area contributed by atoms with Gasteiger partial charge in [-0.3, -0.25) is 0 Å². The second kappa shape index (κ2) is 5.12. The van der Waals surface area contributed by atoms with Crippen LogP contribution in [0.25, 0.3) is 0 Å². The predicted molar refractivity (Wildman–Crippen MR) is 60.9 cm³/mol. The third kappa shape index (κ3) is 2.28. The van der Waals surface area contributed by atoms with Crippen LogP contribution >= 0.6 is 27.5 Å². The molecule has 78 valence electrons. The van der Waals surface area contributed by atoms with E-state index in [1.54, 1.807) is 14.2 Å². The zero-order chi connectivity index (χ0) is 10.6. The predicted octanol–water partition coefficient (Wildman–Crippen LogP) is 3.18. The Balaban J connectivity index is 3.05. The summed E-state index contributed by atoms with van der Waals surface area (Å²) in [4.78, 5) is 0. The largest absolute Gasteiger partial charge is 0.349 e. The Kier molecular flexibility index (Phi) is 4.38. The summed E-state index contributed by atoms with van der Waals surface area (Å²) >= 11 is 9.16. The maximum Gasteiger partial charge on any atom is 0.204 e. The molecule has 4 heteroatoms. The molecule has 0 aromatic heterocycles. The molecule has 0 saturated carbocycles. The highest BCUT2D eigenvalue weighted by atomic mass is 79.9. The minimum atomic E-state index is -0.732. The molecule has 0 fully saturated rings. The van der Waals surface area contributed by atoms with Gasteiger partial charge in [-0.05, 0) is 12.1 Å². The molecule has 2 nitrogen and oxygen atoms in total. The van der Waals surface area contributed by atoms with E-state index in [9.17, 15) is 0 Å². The lowest BCUT2D eigenvalue weighted by Crippen LogP contribution is -2.32. The number of alkyl halides is 1. The molecule has 0 N–H and O–H groups in total. The number of methoxy groups -OCH3 is 2. The molecular weight excluding hydrogens is 267 g/mol. The number of hydrogen-bond donors (Lipinski definition) is 0. The van der Waals surface area contributed by atoms with E-state index in [0.717, 1.165) is 5.56 Å². The van der Waals surface area contributed by atoms with Gasteiger partial charge in [0.25, 0.3) is 0 Å². The molecule has 0 heterocycles. The molecule has 0 radical (unpaired) electrons. The topological polar surface area (TPSA) is 18.5 Å².